The number of aryl methyl sites for hydroxylation is 1. The van der Waals surface area contributed by atoms with E-state index in [2.05, 4.69) is 30.6 Å². The molecule has 8 heteroatoms. The minimum absolute atomic E-state index is 0.0723. The zero-order valence-corrected chi connectivity index (χ0v) is 11.8. The molecule has 1 aromatic carbocycles. The Bertz CT molecular complexity index is 623. The van der Waals surface area contributed by atoms with Crippen LogP contribution in [-0.4, -0.2) is 16.3 Å². The van der Waals surface area contributed by atoms with Crippen LogP contribution in [0.1, 0.15) is 5.69 Å². The van der Waals surface area contributed by atoms with Crippen LogP contribution in [0.3, 0.4) is 0 Å². The van der Waals surface area contributed by atoms with E-state index in [1.165, 1.54) is 18.2 Å². The average molecular weight is 348 g/mol. The van der Waals surface area contributed by atoms with Crippen molar-refractivity contribution in [3.63, 3.8) is 0 Å². The first-order valence-corrected chi connectivity index (χ1v) is 6.22. The number of hydrogen-bond acceptors (Lipinski definition) is 4. The Morgan fingerprint density at radius 2 is 1.85 bits per heavy atom. The lowest BCUT2D eigenvalue weighted by Gasteiger charge is -2.13. The van der Waals surface area contributed by atoms with E-state index < -0.39 is 6.36 Å². The quantitative estimate of drug-likeness (QED) is 0.899. The summed E-state index contributed by atoms with van der Waals surface area (Å²) in [5, 5.41) is 0. The zero-order chi connectivity index (χ0) is 14.9. The molecule has 20 heavy (non-hydrogen) atoms. The Labute approximate surface area is 120 Å². The highest BCUT2D eigenvalue weighted by atomic mass is 79.9. The molecular formula is C12H9BrF3N3O. The number of para-hydroxylation sites is 1. The number of ether oxygens (including phenoxy) is 1. The molecule has 1 heterocycles. The predicted molar refractivity (Wildman–Crippen MR) is 71.0 cm³/mol. The molecule has 2 rings (SSSR count). The Morgan fingerprint density at radius 1 is 1.20 bits per heavy atom. The van der Waals surface area contributed by atoms with Gasteiger partial charge in [0.15, 0.2) is 5.82 Å². The molecule has 2 aromatic rings. The first kappa shape index (κ1) is 14.6. The van der Waals surface area contributed by atoms with Gasteiger partial charge in [0.1, 0.15) is 11.6 Å². The molecule has 4 nitrogen and oxygen atoms in total. The van der Waals surface area contributed by atoms with Crippen molar-refractivity contribution in [1.82, 2.24) is 9.97 Å². The Morgan fingerprint density at radius 3 is 2.45 bits per heavy atom. The number of benzene rings is 1. The third-order valence-electron chi connectivity index (χ3n) is 2.40. The molecule has 0 aliphatic rings. The van der Waals surface area contributed by atoms with E-state index in [0.717, 1.165) is 0 Å². The van der Waals surface area contributed by atoms with E-state index in [1.54, 1.807) is 13.0 Å². The van der Waals surface area contributed by atoms with Gasteiger partial charge in [-0.2, -0.15) is 0 Å². The topological polar surface area (TPSA) is 61.0 Å². The van der Waals surface area contributed by atoms with Crippen molar-refractivity contribution < 1.29 is 17.9 Å². The molecule has 1 aromatic heterocycles. The lowest BCUT2D eigenvalue weighted by atomic mass is 10.2. The van der Waals surface area contributed by atoms with Crippen molar-refractivity contribution in [2.45, 2.75) is 13.3 Å². The number of rotatable bonds is 2. The highest BCUT2D eigenvalue weighted by Gasteiger charge is 2.32. The summed E-state index contributed by atoms with van der Waals surface area (Å²) >= 11 is 3.19. The summed E-state index contributed by atoms with van der Waals surface area (Å²) in [7, 11) is 0. The molecule has 0 fully saturated rings. The van der Waals surface area contributed by atoms with E-state index in [9.17, 15) is 13.2 Å². The standard InChI is InChI=1S/C12H9BrF3N3O/c1-6-9(13)10(17)19-11(18-6)7-4-2-3-5-8(7)20-12(14,15)16/h2-5H,1H3,(H2,17,18,19). The lowest BCUT2D eigenvalue weighted by molar-refractivity contribution is -0.274. The van der Waals surface area contributed by atoms with E-state index in [4.69, 9.17) is 5.73 Å². The van der Waals surface area contributed by atoms with Gasteiger partial charge in [-0.05, 0) is 35.0 Å². The molecule has 0 saturated heterocycles. The maximum absolute atomic E-state index is 12.4. The highest BCUT2D eigenvalue weighted by molar-refractivity contribution is 9.10. The molecule has 0 atom stereocenters. The van der Waals surface area contributed by atoms with Crippen LogP contribution in [0.2, 0.25) is 0 Å². The number of anilines is 1. The Kier molecular flexibility index (Phi) is 3.85. The maximum Gasteiger partial charge on any atom is 0.573 e. The van der Waals surface area contributed by atoms with Crippen LogP contribution in [0.25, 0.3) is 11.4 Å². The number of alkyl halides is 3. The second-order valence-corrected chi connectivity index (χ2v) is 4.67. The van der Waals surface area contributed by atoms with Crippen LogP contribution < -0.4 is 10.5 Å². The molecule has 0 amide bonds. The van der Waals surface area contributed by atoms with Crippen LogP contribution in [-0.2, 0) is 0 Å². The smallest absolute Gasteiger partial charge is 0.405 e. The minimum atomic E-state index is -4.79. The summed E-state index contributed by atoms with van der Waals surface area (Å²) in [5.41, 5.74) is 6.32. The van der Waals surface area contributed by atoms with Gasteiger partial charge in [-0.1, -0.05) is 12.1 Å². The molecule has 0 unspecified atom stereocenters. The summed E-state index contributed by atoms with van der Waals surface area (Å²) in [6, 6.07) is 5.62. The fourth-order valence-corrected chi connectivity index (χ4v) is 1.74. The first-order valence-electron chi connectivity index (χ1n) is 5.42. The van der Waals surface area contributed by atoms with Crippen molar-refractivity contribution in [2.24, 2.45) is 0 Å². The third-order valence-corrected chi connectivity index (χ3v) is 3.38. The summed E-state index contributed by atoms with van der Waals surface area (Å²) in [4.78, 5) is 8.08. The van der Waals surface area contributed by atoms with Crippen LogP contribution in [0.4, 0.5) is 19.0 Å². The summed E-state index contributed by atoms with van der Waals surface area (Å²) in [5.74, 6) is -0.154. The largest absolute Gasteiger partial charge is 0.573 e. The van der Waals surface area contributed by atoms with Gasteiger partial charge in [0, 0.05) is 0 Å². The summed E-state index contributed by atoms with van der Waals surface area (Å²) < 4.78 is 41.6. The SMILES string of the molecule is Cc1nc(-c2ccccc2OC(F)(F)F)nc(N)c1Br. The molecule has 106 valence electrons. The maximum atomic E-state index is 12.4. The van der Waals surface area contributed by atoms with Gasteiger partial charge in [0.25, 0.3) is 0 Å². The number of nitrogens with zero attached hydrogens (tertiary/aromatic N) is 2. The predicted octanol–water partition coefficient (Wildman–Crippen LogP) is 3.70. The van der Waals surface area contributed by atoms with Crippen LogP contribution >= 0.6 is 15.9 Å². The van der Waals surface area contributed by atoms with Gasteiger partial charge in [-0.3, -0.25) is 0 Å². The minimum Gasteiger partial charge on any atom is -0.405 e. The molecule has 0 bridgehead atoms. The summed E-state index contributed by atoms with van der Waals surface area (Å²) in [6.45, 7) is 1.67. The molecule has 0 spiro atoms. The fraction of sp³-hybridized carbons (Fsp3) is 0.167. The highest BCUT2D eigenvalue weighted by Crippen LogP contribution is 2.33. The molecule has 0 radical (unpaired) electrons. The fourth-order valence-electron chi connectivity index (χ4n) is 1.57. The summed E-state index contributed by atoms with van der Waals surface area (Å²) in [6.07, 6.45) is -4.79. The zero-order valence-electron chi connectivity index (χ0n) is 10.2. The van der Waals surface area contributed by atoms with Gasteiger partial charge in [0.05, 0.1) is 15.7 Å². The van der Waals surface area contributed by atoms with Crippen molar-refractivity contribution in [3.05, 3.63) is 34.4 Å². The van der Waals surface area contributed by atoms with E-state index in [-0.39, 0.29) is 23.0 Å². The number of nitrogens with two attached hydrogens (primary N) is 1. The third kappa shape index (κ3) is 3.19. The second kappa shape index (κ2) is 5.28. The number of halogens is 4. The van der Waals surface area contributed by atoms with Crippen molar-refractivity contribution in [1.29, 1.82) is 0 Å². The number of hydrogen-bond donors (Lipinski definition) is 1. The van der Waals surface area contributed by atoms with Crippen molar-refractivity contribution in [3.8, 4) is 17.1 Å². The van der Waals surface area contributed by atoms with Gasteiger partial charge < -0.3 is 10.5 Å². The van der Waals surface area contributed by atoms with Crippen molar-refractivity contribution in [2.75, 3.05) is 5.73 Å². The second-order valence-electron chi connectivity index (χ2n) is 3.88. The molecule has 0 saturated carbocycles. The Balaban J connectivity index is 2.53. The number of aromatic nitrogens is 2. The van der Waals surface area contributed by atoms with Crippen LogP contribution in [0, 0.1) is 6.92 Å². The molecule has 2 N–H and O–H groups in total. The van der Waals surface area contributed by atoms with Crippen molar-refractivity contribution >= 4 is 21.7 Å². The van der Waals surface area contributed by atoms with Gasteiger partial charge >= 0.3 is 6.36 Å². The van der Waals surface area contributed by atoms with Crippen LogP contribution in [0.5, 0.6) is 5.75 Å². The van der Waals surface area contributed by atoms with Gasteiger partial charge in [-0.15, -0.1) is 13.2 Å². The molecule has 0 aliphatic carbocycles. The Hall–Kier alpha value is -1.83. The lowest BCUT2D eigenvalue weighted by Crippen LogP contribution is -2.17. The number of nitrogen functional groups attached to an aromatic ring is 1. The van der Waals surface area contributed by atoms with Gasteiger partial charge in [0.2, 0.25) is 0 Å². The van der Waals surface area contributed by atoms with Gasteiger partial charge in [-0.25, -0.2) is 9.97 Å². The monoisotopic (exact) mass is 347 g/mol. The first-order chi connectivity index (χ1) is 9.28. The van der Waals surface area contributed by atoms with E-state index >= 15 is 0 Å². The molecule has 0 aliphatic heterocycles. The average Bonchev–Trinajstić information content (AvgIpc) is 2.34. The van der Waals surface area contributed by atoms with Crippen LogP contribution in [0.15, 0.2) is 28.7 Å². The normalized spacial score (nSPS) is 11.4. The van der Waals surface area contributed by atoms with E-state index in [0.29, 0.717) is 10.2 Å². The molecular weight excluding hydrogens is 339 g/mol. The van der Waals surface area contributed by atoms with E-state index in [1.807, 2.05) is 0 Å².